The van der Waals surface area contributed by atoms with Crippen molar-refractivity contribution in [1.29, 1.82) is 0 Å². The van der Waals surface area contributed by atoms with Crippen molar-refractivity contribution in [3.05, 3.63) is 64.6 Å². The van der Waals surface area contributed by atoms with Crippen molar-refractivity contribution >= 4 is 51.9 Å². The first-order valence-electron chi connectivity index (χ1n) is 8.33. The fraction of sp³-hybridized carbons (Fsp3) is 0.150. The van der Waals surface area contributed by atoms with E-state index in [1.165, 1.54) is 16.7 Å². The fourth-order valence-electron chi connectivity index (χ4n) is 2.49. The Kier molecular flexibility index (Phi) is 5.93. The molecule has 138 valence electrons. The lowest BCUT2D eigenvalue weighted by atomic mass is 10.2. The Morgan fingerprint density at radius 2 is 1.85 bits per heavy atom. The van der Waals surface area contributed by atoms with Crippen molar-refractivity contribution in [2.24, 2.45) is 0 Å². The van der Waals surface area contributed by atoms with E-state index in [0.717, 1.165) is 16.8 Å². The van der Waals surface area contributed by atoms with Crippen LogP contribution in [0.5, 0.6) is 5.75 Å². The number of nitrogens with zero attached hydrogens (tertiary/aromatic N) is 1. The predicted octanol–water partition coefficient (Wildman–Crippen LogP) is 3.93. The second-order valence-corrected chi connectivity index (χ2v) is 7.76. The van der Waals surface area contributed by atoms with E-state index in [1.807, 2.05) is 31.2 Å². The van der Waals surface area contributed by atoms with Crippen molar-refractivity contribution in [3.63, 3.8) is 0 Å². The molecule has 1 saturated heterocycles. The molecule has 0 bridgehead atoms. The quantitative estimate of drug-likeness (QED) is 0.590. The van der Waals surface area contributed by atoms with Gasteiger partial charge < -0.3 is 10.4 Å². The number of hydrogen-bond donors (Lipinski definition) is 2. The summed E-state index contributed by atoms with van der Waals surface area (Å²) in [6, 6.07) is 14.1. The van der Waals surface area contributed by atoms with Crippen LogP contribution in [-0.2, 0) is 9.59 Å². The van der Waals surface area contributed by atoms with Crippen LogP contribution in [0.1, 0.15) is 17.5 Å². The summed E-state index contributed by atoms with van der Waals surface area (Å²) in [7, 11) is 0. The molecule has 27 heavy (non-hydrogen) atoms. The van der Waals surface area contributed by atoms with Crippen molar-refractivity contribution in [2.45, 2.75) is 13.3 Å². The fourth-order valence-corrected chi connectivity index (χ4v) is 3.80. The van der Waals surface area contributed by atoms with Crippen LogP contribution >= 0.6 is 24.0 Å². The highest BCUT2D eigenvalue weighted by atomic mass is 32.2. The zero-order chi connectivity index (χ0) is 19.4. The van der Waals surface area contributed by atoms with Crippen LogP contribution in [0, 0.1) is 6.92 Å². The molecule has 2 amide bonds. The summed E-state index contributed by atoms with van der Waals surface area (Å²) < 4.78 is 0.438. The number of phenols is 1. The Morgan fingerprint density at radius 3 is 2.52 bits per heavy atom. The van der Waals surface area contributed by atoms with Gasteiger partial charge in [0.1, 0.15) is 10.1 Å². The molecule has 2 aromatic carbocycles. The first-order valence-corrected chi connectivity index (χ1v) is 9.56. The number of hydrogen-bond acceptors (Lipinski definition) is 5. The Bertz CT molecular complexity index is 906. The third kappa shape index (κ3) is 4.96. The number of carbonyl (C=O) groups is 2. The van der Waals surface area contributed by atoms with Gasteiger partial charge in [0.15, 0.2) is 0 Å². The summed E-state index contributed by atoms with van der Waals surface area (Å²) in [6.45, 7) is 2.21. The van der Waals surface area contributed by atoms with Gasteiger partial charge in [0.2, 0.25) is 5.91 Å². The molecular formula is C20H18N2O3S2. The molecule has 0 unspecified atom stereocenters. The molecule has 0 aliphatic carbocycles. The highest BCUT2D eigenvalue weighted by Crippen LogP contribution is 2.32. The molecule has 0 radical (unpaired) electrons. The topological polar surface area (TPSA) is 69.6 Å². The van der Waals surface area contributed by atoms with Gasteiger partial charge in [-0.25, -0.2) is 0 Å². The highest BCUT2D eigenvalue weighted by Gasteiger charge is 2.32. The maximum absolute atomic E-state index is 12.6. The molecule has 1 aliphatic rings. The maximum Gasteiger partial charge on any atom is 0.266 e. The number of nitrogens with one attached hydrogen (secondary N) is 1. The number of carbonyl (C=O) groups excluding carboxylic acids is 2. The van der Waals surface area contributed by atoms with E-state index >= 15 is 0 Å². The Hall–Kier alpha value is -2.64. The summed E-state index contributed by atoms with van der Waals surface area (Å²) in [6.07, 6.45) is 1.89. The van der Waals surface area contributed by atoms with Gasteiger partial charge >= 0.3 is 0 Å². The van der Waals surface area contributed by atoms with Gasteiger partial charge in [-0.15, -0.1) is 0 Å². The van der Waals surface area contributed by atoms with Crippen molar-refractivity contribution in [1.82, 2.24) is 4.90 Å². The summed E-state index contributed by atoms with van der Waals surface area (Å²) in [5.74, 6) is -0.212. The minimum absolute atomic E-state index is 0.160. The first-order chi connectivity index (χ1) is 12.9. The molecular weight excluding hydrogens is 380 g/mol. The third-order valence-corrected chi connectivity index (χ3v) is 5.34. The molecule has 0 spiro atoms. The average Bonchev–Trinajstić information content (AvgIpc) is 2.90. The minimum Gasteiger partial charge on any atom is -0.508 e. The number of anilines is 1. The predicted molar refractivity (Wildman–Crippen MR) is 112 cm³/mol. The standard InChI is InChI=1S/C20H18N2O3S2/c1-13-2-6-15(7-3-13)21-18(24)10-11-22-19(25)17(27-20(22)26)12-14-4-8-16(23)9-5-14/h2-9,12,23H,10-11H2,1H3,(H,21,24)/b17-12-. The van der Waals surface area contributed by atoms with E-state index in [0.29, 0.717) is 9.23 Å². The van der Waals surface area contributed by atoms with Crippen molar-refractivity contribution in [3.8, 4) is 5.75 Å². The number of thioether (sulfide) groups is 1. The number of phenolic OH excluding ortho intramolecular Hbond substituents is 1. The average molecular weight is 399 g/mol. The van der Waals surface area contributed by atoms with E-state index in [1.54, 1.807) is 30.3 Å². The number of aryl methyl sites for hydroxylation is 1. The molecule has 3 rings (SSSR count). The number of aromatic hydroxyl groups is 1. The van der Waals surface area contributed by atoms with Gasteiger partial charge in [0, 0.05) is 18.7 Å². The minimum atomic E-state index is -0.207. The monoisotopic (exact) mass is 398 g/mol. The number of benzene rings is 2. The van der Waals surface area contributed by atoms with Crippen LogP contribution in [0.15, 0.2) is 53.4 Å². The van der Waals surface area contributed by atoms with Gasteiger partial charge in [-0.2, -0.15) is 0 Å². The van der Waals surface area contributed by atoms with Gasteiger partial charge in [-0.05, 0) is 42.8 Å². The second kappa shape index (κ2) is 8.37. The van der Waals surface area contributed by atoms with E-state index in [-0.39, 0.29) is 30.5 Å². The van der Waals surface area contributed by atoms with E-state index in [2.05, 4.69) is 5.32 Å². The zero-order valence-corrected chi connectivity index (χ0v) is 16.3. The molecule has 1 aliphatic heterocycles. The molecule has 0 saturated carbocycles. The Labute approximate surface area is 167 Å². The Balaban J connectivity index is 1.59. The molecule has 1 heterocycles. The maximum atomic E-state index is 12.6. The summed E-state index contributed by atoms with van der Waals surface area (Å²) in [5.41, 5.74) is 2.64. The molecule has 0 aromatic heterocycles. The van der Waals surface area contributed by atoms with E-state index in [9.17, 15) is 14.7 Å². The third-order valence-electron chi connectivity index (χ3n) is 3.96. The van der Waals surface area contributed by atoms with Crippen LogP contribution in [0.2, 0.25) is 0 Å². The van der Waals surface area contributed by atoms with Gasteiger partial charge in [-0.1, -0.05) is 53.8 Å². The Morgan fingerprint density at radius 1 is 1.19 bits per heavy atom. The van der Waals surface area contributed by atoms with Crippen LogP contribution < -0.4 is 5.32 Å². The van der Waals surface area contributed by atoms with Gasteiger partial charge in [-0.3, -0.25) is 14.5 Å². The van der Waals surface area contributed by atoms with E-state index in [4.69, 9.17) is 12.2 Å². The summed E-state index contributed by atoms with van der Waals surface area (Å²) >= 11 is 6.50. The molecule has 2 N–H and O–H groups in total. The van der Waals surface area contributed by atoms with Crippen LogP contribution in [0.25, 0.3) is 6.08 Å². The lowest BCUT2D eigenvalue weighted by Crippen LogP contribution is -2.31. The van der Waals surface area contributed by atoms with Crippen LogP contribution in [-0.4, -0.2) is 32.7 Å². The van der Waals surface area contributed by atoms with Gasteiger partial charge in [0.25, 0.3) is 5.91 Å². The summed E-state index contributed by atoms with van der Waals surface area (Å²) in [4.78, 5) is 26.6. The lowest BCUT2D eigenvalue weighted by Gasteiger charge is -2.14. The van der Waals surface area contributed by atoms with Crippen LogP contribution in [0.4, 0.5) is 5.69 Å². The zero-order valence-electron chi connectivity index (χ0n) is 14.6. The summed E-state index contributed by atoms with van der Waals surface area (Å²) in [5, 5.41) is 12.1. The second-order valence-electron chi connectivity index (χ2n) is 6.09. The molecule has 1 fully saturated rings. The SMILES string of the molecule is Cc1ccc(NC(=O)CCN2C(=O)/C(=C/c3ccc(O)cc3)SC2=S)cc1. The molecule has 5 nitrogen and oxygen atoms in total. The van der Waals surface area contributed by atoms with Crippen molar-refractivity contribution in [2.75, 3.05) is 11.9 Å². The van der Waals surface area contributed by atoms with Gasteiger partial charge in [0.05, 0.1) is 4.91 Å². The number of thiocarbonyl (C=S) groups is 1. The molecule has 7 heteroatoms. The normalized spacial score (nSPS) is 15.4. The largest absolute Gasteiger partial charge is 0.508 e. The first kappa shape index (κ1) is 19.1. The van der Waals surface area contributed by atoms with Crippen LogP contribution in [0.3, 0.4) is 0 Å². The lowest BCUT2D eigenvalue weighted by molar-refractivity contribution is -0.122. The van der Waals surface area contributed by atoms with E-state index < -0.39 is 0 Å². The molecule has 2 aromatic rings. The highest BCUT2D eigenvalue weighted by molar-refractivity contribution is 8.26. The smallest absolute Gasteiger partial charge is 0.266 e. The number of amides is 2. The van der Waals surface area contributed by atoms with Crippen molar-refractivity contribution < 1.29 is 14.7 Å². The molecule has 0 atom stereocenters. The number of rotatable bonds is 5.